The lowest BCUT2D eigenvalue weighted by Gasteiger charge is -2.04. The normalized spacial score (nSPS) is 10.6. The summed E-state index contributed by atoms with van der Waals surface area (Å²) in [5, 5.41) is 3.73. The number of aromatic nitrogens is 1. The highest BCUT2D eigenvalue weighted by Gasteiger charge is 2.15. The monoisotopic (exact) mass is 441 g/mol. The second-order valence-electron chi connectivity index (χ2n) is 4.86. The molecule has 0 saturated heterocycles. The van der Waals surface area contributed by atoms with Crippen molar-refractivity contribution in [3.63, 3.8) is 0 Å². The molecule has 0 unspecified atom stereocenters. The Labute approximate surface area is 149 Å². The van der Waals surface area contributed by atoms with E-state index in [1.165, 1.54) is 12.1 Å². The minimum absolute atomic E-state index is 0.0825. The SMILES string of the molecule is O=C(OCc1cc(-c2ccc(F)cc2F)on1)c1ccccc1I. The zero-order valence-electron chi connectivity index (χ0n) is 12.1. The number of carbonyl (C=O) groups is 1. The summed E-state index contributed by atoms with van der Waals surface area (Å²) < 4.78 is 37.6. The lowest BCUT2D eigenvalue weighted by molar-refractivity contribution is 0.0463. The van der Waals surface area contributed by atoms with Gasteiger partial charge in [0, 0.05) is 15.7 Å². The molecule has 0 aliphatic rings. The first-order valence-corrected chi connectivity index (χ1v) is 7.95. The zero-order chi connectivity index (χ0) is 17.1. The third-order valence-corrected chi connectivity index (χ3v) is 4.14. The highest BCUT2D eigenvalue weighted by atomic mass is 127. The van der Waals surface area contributed by atoms with Crippen molar-refractivity contribution in [2.75, 3.05) is 0 Å². The Bertz CT molecular complexity index is 895. The summed E-state index contributed by atoms with van der Waals surface area (Å²) in [5.41, 5.74) is 0.860. The molecule has 0 saturated carbocycles. The second kappa shape index (κ2) is 7.08. The number of ether oxygens (including phenoxy) is 1. The molecule has 0 aliphatic carbocycles. The minimum Gasteiger partial charge on any atom is -0.455 e. The van der Waals surface area contributed by atoms with Crippen molar-refractivity contribution in [3.05, 3.63) is 75.0 Å². The smallest absolute Gasteiger partial charge is 0.339 e. The van der Waals surface area contributed by atoms with Crippen LogP contribution in [-0.2, 0) is 11.3 Å². The van der Waals surface area contributed by atoms with E-state index in [1.807, 2.05) is 28.7 Å². The predicted molar refractivity (Wildman–Crippen MR) is 90.1 cm³/mol. The van der Waals surface area contributed by atoms with E-state index in [-0.39, 0.29) is 17.9 Å². The van der Waals surface area contributed by atoms with Crippen LogP contribution in [0.1, 0.15) is 16.1 Å². The third kappa shape index (κ3) is 3.61. The molecule has 0 spiro atoms. The van der Waals surface area contributed by atoms with Crippen LogP contribution in [0.3, 0.4) is 0 Å². The van der Waals surface area contributed by atoms with Crippen LogP contribution in [0, 0.1) is 15.2 Å². The van der Waals surface area contributed by atoms with Gasteiger partial charge >= 0.3 is 5.97 Å². The van der Waals surface area contributed by atoms with Crippen LogP contribution in [0.2, 0.25) is 0 Å². The second-order valence-corrected chi connectivity index (χ2v) is 6.02. The van der Waals surface area contributed by atoms with Crippen LogP contribution >= 0.6 is 22.6 Å². The predicted octanol–water partition coefficient (Wildman–Crippen LogP) is 4.58. The topological polar surface area (TPSA) is 52.3 Å². The Morgan fingerprint density at radius 3 is 2.71 bits per heavy atom. The molecule has 0 bridgehead atoms. The molecule has 1 heterocycles. The van der Waals surface area contributed by atoms with E-state index in [0.717, 1.165) is 15.7 Å². The largest absolute Gasteiger partial charge is 0.455 e. The van der Waals surface area contributed by atoms with Crippen molar-refractivity contribution in [2.45, 2.75) is 6.61 Å². The van der Waals surface area contributed by atoms with Gasteiger partial charge in [0.1, 0.15) is 23.9 Å². The van der Waals surface area contributed by atoms with E-state index >= 15 is 0 Å². The number of benzene rings is 2. The molecule has 0 fully saturated rings. The first kappa shape index (κ1) is 16.6. The first-order chi connectivity index (χ1) is 11.5. The fraction of sp³-hybridized carbons (Fsp3) is 0.0588. The first-order valence-electron chi connectivity index (χ1n) is 6.87. The number of hydrogen-bond donors (Lipinski definition) is 0. The van der Waals surface area contributed by atoms with E-state index in [0.29, 0.717) is 11.3 Å². The molecule has 1 aromatic heterocycles. The summed E-state index contributed by atoms with van der Waals surface area (Å²) in [6, 6.07) is 11.6. The van der Waals surface area contributed by atoms with E-state index in [4.69, 9.17) is 9.26 Å². The molecule has 7 heteroatoms. The summed E-state index contributed by atoms with van der Waals surface area (Å²) >= 11 is 2.04. The van der Waals surface area contributed by atoms with E-state index in [9.17, 15) is 13.6 Å². The molecule has 4 nitrogen and oxygen atoms in total. The molecule has 0 atom stereocenters. The van der Waals surface area contributed by atoms with E-state index in [2.05, 4.69) is 5.16 Å². The van der Waals surface area contributed by atoms with Crippen LogP contribution in [-0.4, -0.2) is 11.1 Å². The van der Waals surface area contributed by atoms with Gasteiger partial charge < -0.3 is 9.26 Å². The lowest BCUT2D eigenvalue weighted by Crippen LogP contribution is -2.07. The van der Waals surface area contributed by atoms with Crippen LogP contribution in [0.25, 0.3) is 11.3 Å². The highest BCUT2D eigenvalue weighted by molar-refractivity contribution is 14.1. The molecule has 24 heavy (non-hydrogen) atoms. The fourth-order valence-corrected chi connectivity index (χ4v) is 2.65. The van der Waals surface area contributed by atoms with Crippen LogP contribution in [0.15, 0.2) is 53.1 Å². The van der Waals surface area contributed by atoms with Crippen LogP contribution in [0.5, 0.6) is 0 Å². The van der Waals surface area contributed by atoms with Gasteiger partial charge in [0.2, 0.25) is 0 Å². The van der Waals surface area contributed by atoms with Gasteiger partial charge in [-0.05, 0) is 46.9 Å². The highest BCUT2D eigenvalue weighted by Crippen LogP contribution is 2.24. The molecule has 0 aliphatic heterocycles. The summed E-state index contributed by atoms with van der Waals surface area (Å²) in [6.07, 6.45) is 0. The number of nitrogens with zero attached hydrogens (tertiary/aromatic N) is 1. The number of esters is 1. The van der Waals surface area contributed by atoms with Gasteiger partial charge in [-0.25, -0.2) is 13.6 Å². The summed E-state index contributed by atoms with van der Waals surface area (Å²) in [6.45, 7) is -0.115. The van der Waals surface area contributed by atoms with Gasteiger partial charge in [0.15, 0.2) is 5.76 Å². The molecule has 0 amide bonds. The average molecular weight is 441 g/mol. The third-order valence-electron chi connectivity index (χ3n) is 3.20. The molecule has 2 aromatic carbocycles. The molecule has 3 rings (SSSR count). The van der Waals surface area contributed by atoms with Crippen molar-refractivity contribution < 1.29 is 22.8 Å². The average Bonchev–Trinajstić information content (AvgIpc) is 3.01. The van der Waals surface area contributed by atoms with Crippen LogP contribution < -0.4 is 0 Å². The molecular weight excluding hydrogens is 431 g/mol. The maximum absolute atomic E-state index is 13.7. The summed E-state index contributed by atoms with van der Waals surface area (Å²) in [5.74, 6) is -1.79. The Morgan fingerprint density at radius 2 is 1.96 bits per heavy atom. The maximum atomic E-state index is 13.7. The van der Waals surface area contributed by atoms with Crippen molar-refractivity contribution >= 4 is 28.6 Å². The molecule has 0 N–H and O–H groups in total. The minimum atomic E-state index is -0.756. The van der Waals surface area contributed by atoms with Crippen LogP contribution in [0.4, 0.5) is 8.78 Å². The molecule has 0 radical (unpaired) electrons. The van der Waals surface area contributed by atoms with Gasteiger partial charge in [-0.3, -0.25) is 0 Å². The number of carbonyl (C=O) groups excluding carboxylic acids is 1. The Morgan fingerprint density at radius 1 is 1.17 bits per heavy atom. The van der Waals surface area contributed by atoms with Gasteiger partial charge in [-0.1, -0.05) is 17.3 Å². The summed E-state index contributed by atoms with van der Waals surface area (Å²) in [4.78, 5) is 12.0. The van der Waals surface area contributed by atoms with Crippen molar-refractivity contribution in [1.29, 1.82) is 0 Å². The number of rotatable bonds is 4. The summed E-state index contributed by atoms with van der Waals surface area (Å²) in [7, 11) is 0. The molecule has 122 valence electrons. The van der Waals surface area contributed by atoms with Gasteiger partial charge in [0.25, 0.3) is 0 Å². The maximum Gasteiger partial charge on any atom is 0.339 e. The quantitative estimate of drug-likeness (QED) is 0.440. The van der Waals surface area contributed by atoms with Crippen molar-refractivity contribution in [3.8, 4) is 11.3 Å². The zero-order valence-corrected chi connectivity index (χ0v) is 14.3. The van der Waals surface area contributed by atoms with Gasteiger partial charge in [-0.2, -0.15) is 0 Å². The lowest BCUT2D eigenvalue weighted by atomic mass is 10.1. The fourth-order valence-electron chi connectivity index (χ4n) is 2.04. The standard InChI is InChI=1S/C17H10F2INO3/c18-10-5-6-12(14(19)7-10)16-8-11(21-24-16)9-23-17(22)13-3-1-2-4-15(13)20/h1-8H,9H2. The van der Waals surface area contributed by atoms with Crippen molar-refractivity contribution in [2.24, 2.45) is 0 Å². The number of hydrogen-bond acceptors (Lipinski definition) is 4. The van der Waals surface area contributed by atoms with Gasteiger partial charge in [-0.15, -0.1) is 0 Å². The Balaban J connectivity index is 1.70. The van der Waals surface area contributed by atoms with Crippen molar-refractivity contribution in [1.82, 2.24) is 5.16 Å². The Kier molecular flexibility index (Phi) is 4.89. The van der Waals surface area contributed by atoms with E-state index in [1.54, 1.807) is 18.2 Å². The molecule has 3 aromatic rings. The number of halogens is 3. The van der Waals surface area contributed by atoms with E-state index < -0.39 is 17.6 Å². The molecular formula is C17H10F2INO3. The Hall–Kier alpha value is -2.29. The van der Waals surface area contributed by atoms with Gasteiger partial charge in [0.05, 0.1) is 11.1 Å².